The van der Waals surface area contributed by atoms with Gasteiger partial charge in [-0.3, -0.25) is 0 Å². The molecule has 0 saturated heterocycles. The highest BCUT2D eigenvalue weighted by atomic mass is 79.9. The lowest BCUT2D eigenvalue weighted by molar-refractivity contribution is 0.0816. The zero-order valence-corrected chi connectivity index (χ0v) is 11.8. The van der Waals surface area contributed by atoms with E-state index in [1.54, 1.807) is 29.1 Å². The van der Waals surface area contributed by atoms with E-state index in [1.807, 2.05) is 6.07 Å². The van der Waals surface area contributed by atoms with E-state index in [2.05, 4.69) is 20.9 Å². The molecule has 1 aromatic carbocycles. The second-order valence-corrected chi connectivity index (χ2v) is 5.25. The molecule has 0 fully saturated rings. The molecule has 0 aliphatic rings. The average molecular weight is 332 g/mol. The van der Waals surface area contributed by atoms with E-state index >= 15 is 0 Å². The Bertz CT molecular complexity index is 524. The summed E-state index contributed by atoms with van der Waals surface area (Å²) in [6.45, 7) is 0.00677. The molecule has 0 saturated carbocycles. The lowest BCUT2D eigenvalue weighted by Crippen LogP contribution is -2.19. The summed E-state index contributed by atoms with van der Waals surface area (Å²) >= 11 is 9.37. The van der Waals surface area contributed by atoms with Gasteiger partial charge in [0.25, 0.3) is 0 Å². The number of aliphatic hydroxyl groups is 2. The van der Waals surface area contributed by atoms with Crippen LogP contribution in [0, 0.1) is 0 Å². The first kappa shape index (κ1) is 13.5. The van der Waals surface area contributed by atoms with Crippen LogP contribution in [0.4, 0.5) is 0 Å². The monoisotopic (exact) mass is 330 g/mol. The second-order valence-electron chi connectivity index (χ2n) is 3.90. The first-order valence-electron chi connectivity index (χ1n) is 5.36. The van der Waals surface area contributed by atoms with Crippen molar-refractivity contribution in [3.8, 4) is 11.4 Å². The molecule has 0 spiro atoms. The normalized spacial score (nSPS) is 12.7. The van der Waals surface area contributed by atoms with Crippen LogP contribution in [0.2, 0.25) is 5.02 Å². The quantitative estimate of drug-likeness (QED) is 0.904. The van der Waals surface area contributed by atoms with Gasteiger partial charge in [0.05, 0.1) is 19.3 Å². The Kier molecular flexibility index (Phi) is 4.40. The van der Waals surface area contributed by atoms with Gasteiger partial charge in [-0.2, -0.15) is 0 Å². The first-order chi connectivity index (χ1) is 8.60. The highest BCUT2D eigenvalue weighted by molar-refractivity contribution is 9.10. The molecule has 2 aromatic rings. The average Bonchev–Trinajstić information content (AvgIpc) is 2.75. The molecule has 18 heavy (non-hydrogen) atoms. The maximum Gasteiger partial charge on any atom is 0.140 e. The van der Waals surface area contributed by atoms with Crippen LogP contribution in [0.25, 0.3) is 11.4 Å². The maximum atomic E-state index is 9.48. The number of halogens is 2. The summed E-state index contributed by atoms with van der Waals surface area (Å²) in [4.78, 5) is 4.25. The minimum absolute atomic E-state index is 0.281. The third-order valence-corrected chi connectivity index (χ3v) is 3.13. The molecule has 0 bridgehead atoms. The minimum atomic E-state index is -0.805. The molecule has 4 nitrogen and oxygen atoms in total. The number of aromatic nitrogens is 2. The maximum absolute atomic E-state index is 9.48. The van der Waals surface area contributed by atoms with Crippen LogP contribution in [0.15, 0.2) is 35.1 Å². The number of nitrogens with zero attached hydrogens (tertiary/aromatic N) is 2. The van der Waals surface area contributed by atoms with Crippen molar-refractivity contribution < 1.29 is 10.2 Å². The fraction of sp³-hybridized carbons (Fsp3) is 0.250. The van der Waals surface area contributed by atoms with Gasteiger partial charge >= 0.3 is 0 Å². The predicted molar refractivity (Wildman–Crippen MR) is 73.5 cm³/mol. The van der Waals surface area contributed by atoms with Crippen molar-refractivity contribution in [1.29, 1.82) is 0 Å². The molecule has 0 amide bonds. The molecule has 2 N–H and O–H groups in total. The predicted octanol–water partition coefficient (Wildman–Crippen LogP) is 2.32. The zero-order valence-electron chi connectivity index (χ0n) is 9.42. The van der Waals surface area contributed by atoms with Gasteiger partial charge in [0.2, 0.25) is 0 Å². The molecule has 1 heterocycles. The highest BCUT2D eigenvalue weighted by Gasteiger charge is 2.10. The third kappa shape index (κ3) is 3.11. The standard InChI is InChI=1S/C12H12BrClN2O2/c13-9-3-8(4-10(14)5-9)12-15-1-2-16(12)6-11(18)7-17/h1-5,11,17-18H,6-7H2. The highest BCUT2D eigenvalue weighted by Crippen LogP contribution is 2.26. The van der Waals surface area contributed by atoms with Gasteiger partial charge in [0.1, 0.15) is 5.82 Å². The molecule has 0 aliphatic carbocycles. The smallest absolute Gasteiger partial charge is 0.140 e. The van der Waals surface area contributed by atoms with E-state index in [4.69, 9.17) is 16.7 Å². The molecule has 1 aromatic heterocycles. The van der Waals surface area contributed by atoms with Crippen LogP contribution in [0.1, 0.15) is 0 Å². The molecule has 1 unspecified atom stereocenters. The van der Waals surface area contributed by atoms with Crippen molar-refractivity contribution in [2.45, 2.75) is 12.6 Å². The number of benzene rings is 1. The van der Waals surface area contributed by atoms with E-state index in [-0.39, 0.29) is 13.2 Å². The van der Waals surface area contributed by atoms with Gasteiger partial charge < -0.3 is 14.8 Å². The van der Waals surface area contributed by atoms with E-state index in [9.17, 15) is 5.11 Å². The molecule has 0 radical (unpaired) electrons. The lowest BCUT2D eigenvalue weighted by Gasteiger charge is -2.11. The molecule has 6 heteroatoms. The number of hydrogen-bond donors (Lipinski definition) is 2. The Morgan fingerprint density at radius 3 is 2.83 bits per heavy atom. The van der Waals surface area contributed by atoms with Crippen molar-refractivity contribution in [2.24, 2.45) is 0 Å². The van der Waals surface area contributed by atoms with Crippen molar-refractivity contribution in [3.63, 3.8) is 0 Å². The van der Waals surface area contributed by atoms with Crippen LogP contribution < -0.4 is 0 Å². The summed E-state index contributed by atoms with van der Waals surface area (Å²) < 4.78 is 2.64. The van der Waals surface area contributed by atoms with E-state index in [0.717, 1.165) is 10.0 Å². The Balaban J connectivity index is 2.36. The Morgan fingerprint density at radius 2 is 2.17 bits per heavy atom. The second kappa shape index (κ2) is 5.84. The summed E-state index contributed by atoms with van der Waals surface area (Å²) in [5.41, 5.74) is 0.851. The van der Waals surface area contributed by atoms with Crippen LogP contribution in [0.3, 0.4) is 0 Å². The molecule has 1 atom stereocenters. The van der Waals surface area contributed by atoms with Gasteiger partial charge in [-0.1, -0.05) is 27.5 Å². The molecule has 0 aliphatic heterocycles. The fourth-order valence-corrected chi connectivity index (χ4v) is 2.54. The summed E-state index contributed by atoms with van der Waals surface area (Å²) in [6.07, 6.45) is 2.60. The summed E-state index contributed by atoms with van der Waals surface area (Å²) in [5, 5.41) is 19.0. The summed E-state index contributed by atoms with van der Waals surface area (Å²) in [7, 11) is 0. The molecule has 2 rings (SSSR count). The summed E-state index contributed by atoms with van der Waals surface area (Å²) in [6, 6.07) is 5.49. The Hall–Kier alpha value is -0.880. The van der Waals surface area contributed by atoms with Crippen molar-refractivity contribution in [1.82, 2.24) is 9.55 Å². The van der Waals surface area contributed by atoms with Crippen LogP contribution in [-0.2, 0) is 6.54 Å². The van der Waals surface area contributed by atoms with Crippen LogP contribution in [0.5, 0.6) is 0 Å². The topological polar surface area (TPSA) is 58.3 Å². The number of aliphatic hydroxyl groups excluding tert-OH is 2. The SMILES string of the molecule is OCC(O)Cn1ccnc1-c1cc(Cl)cc(Br)c1. The van der Waals surface area contributed by atoms with Crippen molar-refractivity contribution in [3.05, 3.63) is 40.1 Å². The lowest BCUT2D eigenvalue weighted by atomic mass is 10.2. The van der Waals surface area contributed by atoms with E-state index in [1.165, 1.54) is 0 Å². The van der Waals surface area contributed by atoms with Crippen molar-refractivity contribution in [2.75, 3.05) is 6.61 Å². The fourth-order valence-electron chi connectivity index (χ4n) is 1.68. The molecule has 96 valence electrons. The van der Waals surface area contributed by atoms with Gasteiger partial charge in [-0.25, -0.2) is 4.98 Å². The van der Waals surface area contributed by atoms with Crippen molar-refractivity contribution >= 4 is 27.5 Å². The van der Waals surface area contributed by atoms with Gasteiger partial charge in [0, 0.05) is 27.5 Å². The third-order valence-electron chi connectivity index (χ3n) is 2.45. The first-order valence-corrected chi connectivity index (χ1v) is 6.54. The zero-order chi connectivity index (χ0) is 13.1. The number of imidazole rings is 1. The molecular formula is C12H12BrClN2O2. The number of rotatable bonds is 4. The van der Waals surface area contributed by atoms with Gasteiger partial charge in [-0.05, 0) is 18.2 Å². The minimum Gasteiger partial charge on any atom is -0.394 e. The summed E-state index contributed by atoms with van der Waals surface area (Å²) in [5.74, 6) is 0.700. The van der Waals surface area contributed by atoms with E-state index in [0.29, 0.717) is 10.8 Å². The van der Waals surface area contributed by atoms with E-state index < -0.39 is 6.10 Å². The van der Waals surface area contributed by atoms with Crippen LogP contribution in [-0.4, -0.2) is 32.5 Å². The number of hydrogen-bond acceptors (Lipinski definition) is 3. The Labute approximate surface area is 118 Å². The van der Waals surface area contributed by atoms with Gasteiger partial charge in [0.15, 0.2) is 0 Å². The largest absolute Gasteiger partial charge is 0.394 e. The Morgan fingerprint density at radius 1 is 1.39 bits per heavy atom. The van der Waals surface area contributed by atoms with Crippen LogP contribution >= 0.6 is 27.5 Å². The molecular weight excluding hydrogens is 320 g/mol. The van der Waals surface area contributed by atoms with Gasteiger partial charge in [-0.15, -0.1) is 0 Å².